The molecule has 3 aromatic rings. The molecule has 0 aliphatic carbocycles. The fraction of sp³-hybridized carbons (Fsp3) is 0.222. The normalized spacial score (nSPS) is 11.8. The average molecular weight is 404 g/mol. The van der Waals surface area contributed by atoms with E-state index < -0.39 is 0 Å². The van der Waals surface area contributed by atoms with E-state index in [-0.39, 0.29) is 11.2 Å². The summed E-state index contributed by atoms with van der Waals surface area (Å²) in [5.41, 5.74) is 1.68. The number of benzene rings is 2. The van der Waals surface area contributed by atoms with Crippen molar-refractivity contribution in [3.8, 4) is 5.75 Å². The summed E-state index contributed by atoms with van der Waals surface area (Å²) in [4.78, 5) is 12.4. The molecule has 140 valence electrons. The Bertz CT molecular complexity index is 916. The highest BCUT2D eigenvalue weighted by molar-refractivity contribution is 8.00. The molecule has 1 atom stereocenters. The van der Waals surface area contributed by atoms with E-state index in [0.29, 0.717) is 22.4 Å². The van der Waals surface area contributed by atoms with Crippen LogP contribution in [0.15, 0.2) is 53.7 Å². The van der Waals surface area contributed by atoms with Crippen LogP contribution in [0.4, 0.5) is 5.69 Å². The molecule has 3 rings (SSSR count). The molecule has 0 bridgehead atoms. The van der Waals surface area contributed by atoms with Gasteiger partial charge in [0.2, 0.25) is 11.1 Å². The van der Waals surface area contributed by atoms with Gasteiger partial charge in [-0.05, 0) is 53.2 Å². The minimum atomic E-state index is -0.385. The summed E-state index contributed by atoms with van der Waals surface area (Å²) >= 11 is 7.24. The van der Waals surface area contributed by atoms with E-state index in [1.165, 1.54) is 11.8 Å². The molecule has 1 amide bonds. The molecule has 1 unspecified atom stereocenters. The van der Waals surface area contributed by atoms with Crippen LogP contribution in [0.3, 0.4) is 0 Å². The van der Waals surface area contributed by atoms with Gasteiger partial charge in [-0.15, -0.1) is 5.10 Å². The van der Waals surface area contributed by atoms with Crippen molar-refractivity contribution < 1.29 is 9.53 Å². The molecule has 0 fully saturated rings. The number of anilines is 1. The predicted molar refractivity (Wildman–Crippen MR) is 105 cm³/mol. The van der Waals surface area contributed by atoms with Crippen LogP contribution in [-0.2, 0) is 11.3 Å². The summed E-state index contributed by atoms with van der Waals surface area (Å²) < 4.78 is 6.82. The van der Waals surface area contributed by atoms with E-state index in [0.717, 1.165) is 11.3 Å². The van der Waals surface area contributed by atoms with Crippen LogP contribution >= 0.6 is 23.4 Å². The number of aromatic nitrogens is 4. The third kappa shape index (κ3) is 5.21. The number of nitrogens with one attached hydrogen (secondary N) is 1. The van der Waals surface area contributed by atoms with Gasteiger partial charge in [0.25, 0.3) is 0 Å². The molecule has 1 aromatic heterocycles. The first-order chi connectivity index (χ1) is 13.0. The van der Waals surface area contributed by atoms with E-state index in [9.17, 15) is 4.79 Å². The van der Waals surface area contributed by atoms with Crippen molar-refractivity contribution in [2.24, 2.45) is 0 Å². The lowest BCUT2D eigenvalue weighted by molar-refractivity contribution is -0.115. The lowest BCUT2D eigenvalue weighted by atomic mass is 10.2. The standard InChI is InChI=1S/C18H18ClN5O2S/c1-12(17(25)20-15-5-3-4-14(19)10-15)27-18-21-22-23-24(18)11-13-6-8-16(26-2)9-7-13/h3-10,12H,11H2,1-2H3,(H,20,25). The lowest BCUT2D eigenvalue weighted by Crippen LogP contribution is -2.23. The fourth-order valence-electron chi connectivity index (χ4n) is 2.31. The Morgan fingerprint density at radius 3 is 2.78 bits per heavy atom. The lowest BCUT2D eigenvalue weighted by Gasteiger charge is -2.12. The second-order valence-electron chi connectivity index (χ2n) is 5.73. The molecule has 27 heavy (non-hydrogen) atoms. The largest absolute Gasteiger partial charge is 0.497 e. The quantitative estimate of drug-likeness (QED) is 0.608. The summed E-state index contributed by atoms with van der Waals surface area (Å²) in [5, 5.41) is 15.4. The van der Waals surface area contributed by atoms with Crippen molar-refractivity contribution >= 4 is 35.0 Å². The molecule has 0 aliphatic heterocycles. The van der Waals surface area contributed by atoms with Gasteiger partial charge in [-0.25, -0.2) is 4.68 Å². The zero-order valence-electron chi connectivity index (χ0n) is 14.8. The Morgan fingerprint density at radius 1 is 1.30 bits per heavy atom. The first-order valence-electron chi connectivity index (χ1n) is 8.17. The monoisotopic (exact) mass is 403 g/mol. The molecule has 0 radical (unpaired) electrons. The second kappa shape index (κ2) is 8.88. The third-order valence-corrected chi connectivity index (χ3v) is 5.04. The molecular weight excluding hydrogens is 386 g/mol. The smallest absolute Gasteiger partial charge is 0.237 e. The Morgan fingerprint density at radius 2 is 2.07 bits per heavy atom. The molecule has 1 N–H and O–H groups in total. The van der Waals surface area contributed by atoms with E-state index in [2.05, 4.69) is 20.8 Å². The van der Waals surface area contributed by atoms with Crippen LogP contribution in [0.1, 0.15) is 12.5 Å². The maximum Gasteiger partial charge on any atom is 0.237 e. The number of amides is 1. The van der Waals surface area contributed by atoms with Crippen molar-refractivity contribution in [2.45, 2.75) is 23.9 Å². The molecule has 0 spiro atoms. The Hall–Kier alpha value is -2.58. The predicted octanol–water partition coefficient (Wildman–Crippen LogP) is 3.50. The number of hydrogen-bond donors (Lipinski definition) is 1. The minimum Gasteiger partial charge on any atom is -0.497 e. The molecule has 0 saturated heterocycles. The van der Waals surface area contributed by atoms with Crippen molar-refractivity contribution in [1.82, 2.24) is 20.2 Å². The number of methoxy groups -OCH3 is 1. The van der Waals surface area contributed by atoms with Crippen LogP contribution in [0.2, 0.25) is 5.02 Å². The van der Waals surface area contributed by atoms with Crippen molar-refractivity contribution in [3.63, 3.8) is 0 Å². The van der Waals surface area contributed by atoms with E-state index in [1.807, 2.05) is 24.3 Å². The fourth-order valence-corrected chi connectivity index (χ4v) is 3.28. The first kappa shape index (κ1) is 19.2. The van der Waals surface area contributed by atoms with Crippen LogP contribution in [0.25, 0.3) is 0 Å². The Labute approximate surface area is 166 Å². The molecule has 7 nitrogen and oxygen atoms in total. The second-order valence-corrected chi connectivity index (χ2v) is 7.47. The van der Waals surface area contributed by atoms with Crippen molar-refractivity contribution in [1.29, 1.82) is 0 Å². The number of rotatable bonds is 7. The number of ether oxygens (including phenoxy) is 1. The molecule has 0 aliphatic rings. The van der Waals surface area contributed by atoms with Gasteiger partial charge in [0, 0.05) is 10.7 Å². The first-order valence-corrected chi connectivity index (χ1v) is 9.43. The molecule has 0 saturated carbocycles. The summed E-state index contributed by atoms with van der Waals surface area (Å²) in [6.45, 7) is 2.30. The zero-order chi connectivity index (χ0) is 19.2. The number of carbonyl (C=O) groups is 1. The van der Waals surface area contributed by atoms with E-state index in [4.69, 9.17) is 16.3 Å². The number of hydrogen-bond acceptors (Lipinski definition) is 6. The number of halogens is 1. The van der Waals surface area contributed by atoms with Crippen LogP contribution < -0.4 is 10.1 Å². The maximum absolute atomic E-state index is 12.4. The zero-order valence-corrected chi connectivity index (χ0v) is 16.4. The topological polar surface area (TPSA) is 81.9 Å². The summed E-state index contributed by atoms with van der Waals surface area (Å²) in [6, 6.07) is 14.7. The van der Waals surface area contributed by atoms with Gasteiger partial charge >= 0.3 is 0 Å². The van der Waals surface area contributed by atoms with Gasteiger partial charge in [0.15, 0.2) is 0 Å². The van der Waals surface area contributed by atoms with Crippen LogP contribution in [0.5, 0.6) is 5.75 Å². The van der Waals surface area contributed by atoms with Crippen LogP contribution in [0, 0.1) is 0 Å². The number of tetrazole rings is 1. The summed E-state index contributed by atoms with van der Waals surface area (Å²) in [6.07, 6.45) is 0. The number of nitrogens with zero attached hydrogens (tertiary/aromatic N) is 4. The van der Waals surface area contributed by atoms with Gasteiger partial charge in [-0.2, -0.15) is 0 Å². The molecular formula is C18H18ClN5O2S. The van der Waals surface area contributed by atoms with Gasteiger partial charge < -0.3 is 10.1 Å². The Balaban J connectivity index is 1.63. The van der Waals surface area contributed by atoms with Crippen molar-refractivity contribution in [3.05, 3.63) is 59.1 Å². The van der Waals surface area contributed by atoms with Gasteiger partial charge in [-0.3, -0.25) is 4.79 Å². The highest BCUT2D eigenvalue weighted by atomic mass is 35.5. The van der Waals surface area contributed by atoms with E-state index in [1.54, 1.807) is 43.0 Å². The highest BCUT2D eigenvalue weighted by Gasteiger charge is 2.19. The summed E-state index contributed by atoms with van der Waals surface area (Å²) in [7, 11) is 1.63. The van der Waals surface area contributed by atoms with Gasteiger partial charge in [0.1, 0.15) is 5.75 Å². The number of carbonyl (C=O) groups excluding carboxylic acids is 1. The Kier molecular flexibility index (Phi) is 6.31. The average Bonchev–Trinajstić information content (AvgIpc) is 3.09. The molecule has 1 heterocycles. The van der Waals surface area contributed by atoms with Gasteiger partial charge in [0.05, 0.1) is 18.9 Å². The van der Waals surface area contributed by atoms with E-state index >= 15 is 0 Å². The van der Waals surface area contributed by atoms with Gasteiger partial charge in [-0.1, -0.05) is 41.6 Å². The highest BCUT2D eigenvalue weighted by Crippen LogP contribution is 2.23. The van der Waals surface area contributed by atoms with Crippen molar-refractivity contribution in [2.75, 3.05) is 12.4 Å². The minimum absolute atomic E-state index is 0.152. The SMILES string of the molecule is COc1ccc(Cn2nnnc2SC(C)C(=O)Nc2cccc(Cl)c2)cc1. The summed E-state index contributed by atoms with van der Waals surface area (Å²) in [5.74, 6) is 0.637. The maximum atomic E-state index is 12.4. The van der Waals surface area contributed by atoms with Crippen LogP contribution in [-0.4, -0.2) is 38.5 Å². The number of thioether (sulfide) groups is 1. The molecule has 9 heteroatoms. The third-order valence-electron chi connectivity index (χ3n) is 3.73. The molecule has 2 aromatic carbocycles.